The van der Waals surface area contributed by atoms with Gasteiger partial charge in [-0.1, -0.05) is 0 Å². The van der Waals surface area contributed by atoms with Crippen LogP contribution in [0.1, 0.15) is 0 Å². The molecule has 3 heterocycles. The summed E-state index contributed by atoms with van der Waals surface area (Å²) in [5, 5.41) is 0.436. The fourth-order valence-corrected chi connectivity index (χ4v) is 2.02. The first-order valence-corrected chi connectivity index (χ1v) is 5.69. The summed E-state index contributed by atoms with van der Waals surface area (Å²) < 4.78 is 5.26. The standard InChI is InChI=1S/C11H12N4O3/c16-10-7-5-9(15-1-3-18-4-2-15)12-6-8(7)13-11(17)14-10/h5-6H,1-4H2,(H2,13,14,16,17). The van der Waals surface area contributed by atoms with Crippen molar-refractivity contribution >= 4 is 16.7 Å². The highest BCUT2D eigenvalue weighted by atomic mass is 16.5. The molecule has 0 saturated carbocycles. The highest BCUT2D eigenvalue weighted by Crippen LogP contribution is 2.15. The zero-order chi connectivity index (χ0) is 12.5. The summed E-state index contributed by atoms with van der Waals surface area (Å²) in [6.45, 7) is 2.81. The molecule has 1 aliphatic rings. The molecular weight excluding hydrogens is 236 g/mol. The predicted molar refractivity (Wildman–Crippen MR) is 66.0 cm³/mol. The molecule has 0 atom stereocenters. The van der Waals surface area contributed by atoms with Crippen LogP contribution < -0.4 is 16.1 Å². The first kappa shape index (κ1) is 11.0. The van der Waals surface area contributed by atoms with Crippen LogP contribution in [0.5, 0.6) is 0 Å². The van der Waals surface area contributed by atoms with Gasteiger partial charge < -0.3 is 14.6 Å². The Morgan fingerprint density at radius 3 is 2.78 bits per heavy atom. The summed E-state index contributed by atoms with van der Waals surface area (Å²) in [5.41, 5.74) is -0.472. The average molecular weight is 248 g/mol. The number of nitrogens with one attached hydrogen (secondary N) is 2. The highest BCUT2D eigenvalue weighted by molar-refractivity contribution is 5.79. The van der Waals surface area contributed by atoms with Crippen LogP contribution in [0.2, 0.25) is 0 Å². The van der Waals surface area contributed by atoms with Crippen LogP contribution in [0.25, 0.3) is 10.9 Å². The second-order valence-electron chi connectivity index (χ2n) is 4.10. The Balaban J connectivity index is 2.10. The summed E-state index contributed by atoms with van der Waals surface area (Å²) in [6.07, 6.45) is 1.51. The largest absolute Gasteiger partial charge is 0.378 e. The minimum absolute atomic E-state index is 0.398. The van der Waals surface area contributed by atoms with E-state index in [9.17, 15) is 9.59 Å². The third-order valence-corrected chi connectivity index (χ3v) is 2.94. The molecule has 0 spiro atoms. The molecule has 0 unspecified atom stereocenters. The van der Waals surface area contributed by atoms with Gasteiger partial charge in [0, 0.05) is 13.1 Å². The smallest absolute Gasteiger partial charge is 0.326 e. The number of nitrogens with zero attached hydrogens (tertiary/aromatic N) is 2. The fraction of sp³-hybridized carbons (Fsp3) is 0.364. The van der Waals surface area contributed by atoms with Gasteiger partial charge in [-0.3, -0.25) is 9.78 Å². The molecule has 3 rings (SSSR count). The Bertz CT molecular complexity index is 684. The molecule has 2 aromatic heterocycles. The molecule has 0 aliphatic carbocycles. The van der Waals surface area contributed by atoms with Gasteiger partial charge in [-0.15, -0.1) is 0 Å². The van der Waals surface area contributed by atoms with E-state index in [-0.39, 0.29) is 0 Å². The van der Waals surface area contributed by atoms with Crippen molar-refractivity contribution in [2.75, 3.05) is 31.2 Å². The van der Waals surface area contributed by atoms with Gasteiger partial charge in [-0.2, -0.15) is 0 Å². The van der Waals surface area contributed by atoms with Crippen LogP contribution in [-0.4, -0.2) is 41.3 Å². The molecule has 0 amide bonds. The second-order valence-corrected chi connectivity index (χ2v) is 4.10. The van der Waals surface area contributed by atoms with Crippen molar-refractivity contribution in [1.29, 1.82) is 0 Å². The lowest BCUT2D eigenvalue weighted by molar-refractivity contribution is 0.122. The number of aromatic nitrogens is 3. The Kier molecular flexibility index (Phi) is 2.60. The van der Waals surface area contributed by atoms with Crippen LogP contribution in [0, 0.1) is 0 Å². The molecular formula is C11H12N4O3. The van der Waals surface area contributed by atoms with Crippen LogP contribution in [0.3, 0.4) is 0 Å². The number of hydrogen-bond donors (Lipinski definition) is 2. The van der Waals surface area contributed by atoms with E-state index in [1.165, 1.54) is 6.20 Å². The van der Waals surface area contributed by atoms with Gasteiger partial charge in [0.25, 0.3) is 5.56 Å². The van der Waals surface area contributed by atoms with Crippen molar-refractivity contribution in [2.24, 2.45) is 0 Å². The molecule has 0 aromatic carbocycles. The van der Waals surface area contributed by atoms with Crippen LogP contribution >= 0.6 is 0 Å². The van der Waals surface area contributed by atoms with Crippen molar-refractivity contribution in [2.45, 2.75) is 0 Å². The Morgan fingerprint density at radius 2 is 2.00 bits per heavy atom. The van der Waals surface area contributed by atoms with E-state index in [2.05, 4.69) is 15.0 Å². The van der Waals surface area contributed by atoms with Gasteiger partial charge in [0.1, 0.15) is 5.82 Å². The topological polar surface area (TPSA) is 91.1 Å². The Morgan fingerprint density at radius 1 is 1.22 bits per heavy atom. The quantitative estimate of drug-likeness (QED) is 0.706. The van der Waals surface area contributed by atoms with Crippen molar-refractivity contribution in [3.8, 4) is 0 Å². The van der Waals surface area contributed by atoms with Crippen molar-refractivity contribution < 1.29 is 4.74 Å². The van der Waals surface area contributed by atoms with Gasteiger partial charge in [-0.05, 0) is 6.07 Å². The van der Waals surface area contributed by atoms with E-state index >= 15 is 0 Å². The maximum absolute atomic E-state index is 11.7. The molecule has 7 heteroatoms. The summed E-state index contributed by atoms with van der Waals surface area (Å²) in [5.74, 6) is 0.725. The number of H-pyrrole nitrogens is 2. The van der Waals surface area contributed by atoms with Gasteiger partial charge >= 0.3 is 5.69 Å². The molecule has 18 heavy (non-hydrogen) atoms. The van der Waals surface area contributed by atoms with E-state index in [0.29, 0.717) is 24.1 Å². The van der Waals surface area contributed by atoms with Crippen molar-refractivity contribution in [1.82, 2.24) is 15.0 Å². The zero-order valence-electron chi connectivity index (χ0n) is 9.60. The van der Waals surface area contributed by atoms with Gasteiger partial charge in [0.05, 0.1) is 30.3 Å². The summed E-state index contributed by atoms with van der Waals surface area (Å²) in [4.78, 5) is 33.9. The number of anilines is 1. The predicted octanol–water partition coefficient (Wildman–Crippen LogP) is -0.552. The SMILES string of the molecule is O=c1[nH]c(=O)c2cc(N3CCOCC3)ncc2[nH]1. The molecule has 1 fully saturated rings. The maximum Gasteiger partial charge on any atom is 0.326 e. The van der Waals surface area contributed by atoms with Gasteiger partial charge in [0.2, 0.25) is 0 Å². The lowest BCUT2D eigenvalue weighted by Crippen LogP contribution is -2.36. The molecule has 7 nitrogen and oxygen atoms in total. The van der Waals surface area contributed by atoms with Crippen molar-refractivity contribution in [3.63, 3.8) is 0 Å². The van der Waals surface area contributed by atoms with E-state index in [0.717, 1.165) is 18.9 Å². The number of pyridine rings is 1. The van der Waals surface area contributed by atoms with E-state index < -0.39 is 11.2 Å². The maximum atomic E-state index is 11.7. The number of aromatic amines is 2. The lowest BCUT2D eigenvalue weighted by Gasteiger charge is -2.27. The van der Waals surface area contributed by atoms with Crippen LogP contribution in [0.15, 0.2) is 21.9 Å². The third-order valence-electron chi connectivity index (χ3n) is 2.94. The lowest BCUT2D eigenvalue weighted by atomic mass is 10.3. The molecule has 2 N–H and O–H groups in total. The molecule has 0 radical (unpaired) electrons. The highest BCUT2D eigenvalue weighted by Gasteiger charge is 2.13. The van der Waals surface area contributed by atoms with E-state index in [1.54, 1.807) is 6.07 Å². The number of ether oxygens (including phenoxy) is 1. The van der Waals surface area contributed by atoms with Crippen LogP contribution in [0.4, 0.5) is 5.82 Å². The molecule has 94 valence electrons. The average Bonchev–Trinajstić information content (AvgIpc) is 2.39. The van der Waals surface area contributed by atoms with E-state index in [4.69, 9.17) is 4.74 Å². The van der Waals surface area contributed by atoms with Crippen molar-refractivity contribution in [3.05, 3.63) is 33.1 Å². The number of fused-ring (bicyclic) bond motifs is 1. The third kappa shape index (κ3) is 1.88. The minimum Gasteiger partial charge on any atom is -0.378 e. The summed E-state index contributed by atoms with van der Waals surface area (Å²) in [7, 11) is 0. The fourth-order valence-electron chi connectivity index (χ4n) is 2.02. The first-order chi connectivity index (χ1) is 8.74. The number of hydrogen-bond acceptors (Lipinski definition) is 5. The second kappa shape index (κ2) is 4.26. The zero-order valence-corrected chi connectivity index (χ0v) is 9.60. The molecule has 2 aromatic rings. The Labute approximate surface area is 101 Å². The number of rotatable bonds is 1. The molecule has 0 bridgehead atoms. The number of morpholine rings is 1. The van der Waals surface area contributed by atoms with Gasteiger partial charge in [-0.25, -0.2) is 9.78 Å². The normalized spacial score (nSPS) is 16.1. The molecule has 1 saturated heterocycles. The van der Waals surface area contributed by atoms with Gasteiger partial charge in [0.15, 0.2) is 0 Å². The Hall–Kier alpha value is -2.15. The minimum atomic E-state index is -0.520. The summed E-state index contributed by atoms with van der Waals surface area (Å²) >= 11 is 0. The van der Waals surface area contributed by atoms with Crippen LogP contribution in [-0.2, 0) is 4.74 Å². The van der Waals surface area contributed by atoms with E-state index in [1.807, 2.05) is 4.90 Å². The monoisotopic (exact) mass is 248 g/mol. The molecule has 1 aliphatic heterocycles. The summed E-state index contributed by atoms with van der Waals surface area (Å²) in [6, 6.07) is 1.69. The first-order valence-electron chi connectivity index (χ1n) is 5.69.